The smallest absolute Gasteiger partial charge is 0.159 e. The summed E-state index contributed by atoms with van der Waals surface area (Å²) in [6, 6.07) is 18.2. The number of benzene rings is 2. The maximum Gasteiger partial charge on any atom is 0.159 e. The van der Waals surface area contributed by atoms with Gasteiger partial charge in [-0.2, -0.15) is 0 Å². The summed E-state index contributed by atoms with van der Waals surface area (Å²) >= 11 is 0. The predicted octanol–water partition coefficient (Wildman–Crippen LogP) is 2.43. The van der Waals surface area contributed by atoms with Crippen LogP contribution in [0, 0.1) is 0 Å². The van der Waals surface area contributed by atoms with E-state index in [4.69, 9.17) is 5.73 Å². The van der Waals surface area contributed by atoms with E-state index < -0.39 is 5.54 Å². The van der Waals surface area contributed by atoms with E-state index in [0.717, 1.165) is 22.3 Å². The Morgan fingerprint density at radius 1 is 0.769 bits per heavy atom. The molecule has 5 heteroatoms. The summed E-state index contributed by atoms with van der Waals surface area (Å²) in [6.45, 7) is -0.446. The molecule has 4 N–H and O–H groups in total. The summed E-state index contributed by atoms with van der Waals surface area (Å²) in [5, 5.41) is 18.5. The Morgan fingerprint density at radius 2 is 1.27 bits per heavy atom. The number of nitrogens with zero attached hydrogens (tertiary/aromatic N) is 2. The molecule has 3 aromatic rings. The van der Waals surface area contributed by atoms with Gasteiger partial charge >= 0.3 is 0 Å². The van der Waals surface area contributed by atoms with E-state index in [1.54, 1.807) is 18.5 Å². The van der Waals surface area contributed by atoms with Crippen LogP contribution >= 0.6 is 0 Å². The van der Waals surface area contributed by atoms with Gasteiger partial charge in [0.05, 0.1) is 18.8 Å². The molecule has 1 aromatic heterocycles. The maximum atomic E-state index is 9.27. The van der Waals surface area contributed by atoms with Gasteiger partial charge < -0.3 is 15.9 Å². The van der Waals surface area contributed by atoms with Crippen molar-refractivity contribution < 1.29 is 10.2 Å². The van der Waals surface area contributed by atoms with Crippen molar-refractivity contribution in [2.75, 3.05) is 13.2 Å². The number of hydrogen-bond acceptors (Lipinski definition) is 5. The highest BCUT2D eigenvalue weighted by molar-refractivity contribution is 5.67. The lowest BCUT2D eigenvalue weighted by molar-refractivity contribution is 0.115. The van der Waals surface area contributed by atoms with Gasteiger partial charge in [-0.3, -0.25) is 0 Å². The van der Waals surface area contributed by atoms with Crippen LogP contribution in [0.25, 0.3) is 22.5 Å². The second-order valence-corrected chi connectivity index (χ2v) is 6.53. The molecule has 26 heavy (non-hydrogen) atoms. The number of aryl methyl sites for hydroxylation is 1. The molecule has 0 saturated heterocycles. The third-order valence-corrected chi connectivity index (χ3v) is 4.54. The first kappa shape index (κ1) is 18.2. The predicted molar refractivity (Wildman–Crippen MR) is 102 cm³/mol. The highest BCUT2D eigenvalue weighted by atomic mass is 16.3. The summed E-state index contributed by atoms with van der Waals surface area (Å²) in [5.41, 5.74) is 9.35. The molecular formula is C21H23N3O2. The van der Waals surface area contributed by atoms with Gasteiger partial charge in [0.15, 0.2) is 5.82 Å². The molecule has 0 fully saturated rings. The molecule has 0 bridgehead atoms. The number of hydrogen-bond donors (Lipinski definition) is 3. The normalized spacial score (nSPS) is 11.5. The lowest BCUT2D eigenvalue weighted by Gasteiger charge is -2.24. The molecule has 3 rings (SSSR count). The summed E-state index contributed by atoms with van der Waals surface area (Å²) < 4.78 is 0. The van der Waals surface area contributed by atoms with Crippen LogP contribution < -0.4 is 5.73 Å². The van der Waals surface area contributed by atoms with E-state index in [2.05, 4.69) is 46.4 Å². The summed E-state index contributed by atoms with van der Waals surface area (Å²) in [5.74, 6) is 0.715. The van der Waals surface area contributed by atoms with E-state index in [1.807, 2.05) is 12.1 Å². The monoisotopic (exact) mass is 349 g/mol. The molecular weight excluding hydrogens is 326 g/mol. The zero-order valence-corrected chi connectivity index (χ0v) is 14.5. The SMILES string of the molecule is NC(CO)(CO)CCc1ccc(-c2ccc(-c3ncccn3)cc2)cc1. The standard InChI is InChI=1S/C21H23N3O2/c22-21(14-25,15-26)11-10-16-2-4-17(5-3-16)18-6-8-19(9-7-18)20-23-12-1-13-24-20/h1-9,12-13,25-26H,10-11,14-15,22H2. The molecule has 0 saturated carbocycles. The Morgan fingerprint density at radius 3 is 1.81 bits per heavy atom. The molecule has 1 heterocycles. The van der Waals surface area contributed by atoms with Gasteiger partial charge in [-0.25, -0.2) is 9.97 Å². The van der Waals surface area contributed by atoms with Crippen molar-refractivity contribution in [2.45, 2.75) is 18.4 Å². The number of aromatic nitrogens is 2. The van der Waals surface area contributed by atoms with E-state index in [-0.39, 0.29) is 13.2 Å². The summed E-state index contributed by atoms with van der Waals surface area (Å²) in [6.07, 6.45) is 4.71. The third-order valence-electron chi connectivity index (χ3n) is 4.54. The molecule has 0 amide bonds. The number of nitrogens with two attached hydrogens (primary N) is 1. The first-order chi connectivity index (χ1) is 12.6. The fraction of sp³-hybridized carbons (Fsp3) is 0.238. The van der Waals surface area contributed by atoms with Crippen LogP contribution in [0.2, 0.25) is 0 Å². The second-order valence-electron chi connectivity index (χ2n) is 6.53. The first-order valence-corrected chi connectivity index (χ1v) is 8.61. The van der Waals surface area contributed by atoms with Gasteiger partial charge in [0.2, 0.25) is 0 Å². The van der Waals surface area contributed by atoms with Gasteiger partial charge in [0.1, 0.15) is 0 Å². The van der Waals surface area contributed by atoms with Crippen molar-refractivity contribution in [3.8, 4) is 22.5 Å². The van der Waals surface area contributed by atoms with Crippen LogP contribution in [-0.2, 0) is 6.42 Å². The molecule has 0 atom stereocenters. The van der Waals surface area contributed by atoms with Crippen molar-refractivity contribution in [2.24, 2.45) is 5.73 Å². The topological polar surface area (TPSA) is 92.3 Å². The van der Waals surface area contributed by atoms with Gasteiger partial charge in [0.25, 0.3) is 0 Å². The fourth-order valence-corrected chi connectivity index (χ4v) is 2.73. The van der Waals surface area contributed by atoms with Crippen molar-refractivity contribution in [1.29, 1.82) is 0 Å². The van der Waals surface area contributed by atoms with Gasteiger partial charge in [-0.05, 0) is 35.6 Å². The van der Waals surface area contributed by atoms with Crippen LogP contribution in [0.1, 0.15) is 12.0 Å². The van der Waals surface area contributed by atoms with E-state index in [9.17, 15) is 10.2 Å². The van der Waals surface area contributed by atoms with Gasteiger partial charge in [-0.1, -0.05) is 48.5 Å². The average molecular weight is 349 g/mol. The minimum atomic E-state index is -0.923. The quantitative estimate of drug-likeness (QED) is 0.609. The average Bonchev–Trinajstić information content (AvgIpc) is 2.73. The lowest BCUT2D eigenvalue weighted by atomic mass is 9.93. The molecule has 0 radical (unpaired) electrons. The Balaban J connectivity index is 1.69. The van der Waals surface area contributed by atoms with Crippen molar-refractivity contribution in [1.82, 2.24) is 9.97 Å². The van der Waals surface area contributed by atoms with E-state index >= 15 is 0 Å². The Labute approximate surface area is 153 Å². The zero-order chi connectivity index (χ0) is 18.4. The maximum absolute atomic E-state index is 9.27. The fourth-order valence-electron chi connectivity index (χ4n) is 2.73. The van der Waals surface area contributed by atoms with Crippen LogP contribution in [0.5, 0.6) is 0 Å². The highest BCUT2D eigenvalue weighted by Gasteiger charge is 2.22. The van der Waals surface area contributed by atoms with Gasteiger partial charge in [0, 0.05) is 18.0 Å². The van der Waals surface area contributed by atoms with Gasteiger partial charge in [-0.15, -0.1) is 0 Å². The van der Waals surface area contributed by atoms with E-state index in [1.165, 1.54) is 0 Å². The highest BCUT2D eigenvalue weighted by Crippen LogP contribution is 2.24. The molecule has 0 spiro atoms. The largest absolute Gasteiger partial charge is 0.394 e. The molecule has 134 valence electrons. The Bertz CT molecular complexity index is 814. The zero-order valence-electron chi connectivity index (χ0n) is 14.5. The van der Waals surface area contributed by atoms with Crippen molar-refractivity contribution in [3.63, 3.8) is 0 Å². The summed E-state index contributed by atoms with van der Waals surface area (Å²) in [7, 11) is 0. The molecule has 0 aliphatic carbocycles. The third kappa shape index (κ3) is 4.32. The summed E-state index contributed by atoms with van der Waals surface area (Å²) in [4.78, 5) is 8.52. The number of aliphatic hydroxyl groups excluding tert-OH is 2. The van der Waals surface area contributed by atoms with Crippen LogP contribution in [0.15, 0.2) is 67.0 Å². The number of aliphatic hydroxyl groups is 2. The minimum Gasteiger partial charge on any atom is -0.394 e. The van der Waals surface area contributed by atoms with Crippen LogP contribution in [-0.4, -0.2) is 38.9 Å². The molecule has 2 aromatic carbocycles. The van der Waals surface area contributed by atoms with Crippen LogP contribution in [0.3, 0.4) is 0 Å². The second kappa shape index (κ2) is 8.19. The minimum absolute atomic E-state index is 0.223. The van der Waals surface area contributed by atoms with Crippen molar-refractivity contribution >= 4 is 0 Å². The Hall–Kier alpha value is -2.60. The Kier molecular flexibility index (Phi) is 5.73. The molecule has 0 aliphatic heterocycles. The molecule has 0 unspecified atom stereocenters. The molecule has 0 aliphatic rings. The van der Waals surface area contributed by atoms with E-state index in [0.29, 0.717) is 18.7 Å². The first-order valence-electron chi connectivity index (χ1n) is 8.61. The van der Waals surface area contributed by atoms with Crippen molar-refractivity contribution in [3.05, 3.63) is 72.6 Å². The molecule has 5 nitrogen and oxygen atoms in total. The lowest BCUT2D eigenvalue weighted by Crippen LogP contribution is -2.47. The van der Waals surface area contributed by atoms with Crippen LogP contribution in [0.4, 0.5) is 0 Å². The number of rotatable bonds is 7.